The Bertz CT molecular complexity index is 1210. The zero-order chi connectivity index (χ0) is 20.4. The maximum atomic E-state index is 12.7. The van der Waals surface area contributed by atoms with E-state index in [1.807, 2.05) is 30.3 Å². The number of nitrogens with zero attached hydrogens (tertiary/aromatic N) is 2. The number of esters is 1. The SMILES string of the molecule is CCOC(=O)c1ccn(-c2cccc(NC(=O)c3sc4ccccc4c3Cl)c2)n1. The summed E-state index contributed by atoms with van der Waals surface area (Å²) in [7, 11) is 0. The summed E-state index contributed by atoms with van der Waals surface area (Å²) in [6.07, 6.45) is 1.66. The van der Waals surface area contributed by atoms with Crippen LogP contribution in [0.15, 0.2) is 60.8 Å². The van der Waals surface area contributed by atoms with E-state index in [0.717, 1.165) is 10.1 Å². The van der Waals surface area contributed by atoms with Crippen LogP contribution in [0.1, 0.15) is 27.1 Å². The Morgan fingerprint density at radius 1 is 1.17 bits per heavy atom. The van der Waals surface area contributed by atoms with E-state index in [-0.39, 0.29) is 18.2 Å². The number of fused-ring (bicyclic) bond motifs is 1. The lowest BCUT2D eigenvalue weighted by Crippen LogP contribution is -2.11. The standard InChI is InChI=1S/C21H16ClN3O3S/c1-2-28-21(27)16-10-11-25(24-16)14-7-5-6-13(12-14)23-20(26)19-18(22)15-8-3-4-9-17(15)29-19/h3-12H,2H2,1H3,(H,23,26). The predicted molar refractivity (Wildman–Crippen MR) is 114 cm³/mol. The highest BCUT2D eigenvalue weighted by atomic mass is 35.5. The van der Waals surface area contributed by atoms with Crippen molar-refractivity contribution in [1.29, 1.82) is 0 Å². The molecule has 6 nitrogen and oxygen atoms in total. The molecule has 0 saturated carbocycles. The first-order valence-corrected chi connectivity index (χ1v) is 10.1. The summed E-state index contributed by atoms with van der Waals surface area (Å²) in [5, 5.41) is 8.42. The fourth-order valence-electron chi connectivity index (χ4n) is 2.86. The third-order valence-electron chi connectivity index (χ3n) is 4.18. The van der Waals surface area contributed by atoms with Gasteiger partial charge in [0.1, 0.15) is 4.88 Å². The van der Waals surface area contributed by atoms with Gasteiger partial charge >= 0.3 is 5.97 Å². The first kappa shape index (κ1) is 19.2. The Morgan fingerprint density at radius 2 is 2.00 bits per heavy atom. The first-order valence-electron chi connectivity index (χ1n) is 8.88. The van der Waals surface area contributed by atoms with E-state index in [1.54, 1.807) is 42.1 Å². The molecule has 0 fully saturated rings. The second kappa shape index (κ2) is 8.06. The predicted octanol–water partition coefficient (Wildman–Crippen LogP) is 5.17. The van der Waals surface area contributed by atoms with E-state index >= 15 is 0 Å². The van der Waals surface area contributed by atoms with Crippen LogP contribution in [0.2, 0.25) is 5.02 Å². The van der Waals surface area contributed by atoms with Crippen LogP contribution in [0.3, 0.4) is 0 Å². The van der Waals surface area contributed by atoms with Crippen molar-refractivity contribution in [3.8, 4) is 5.69 Å². The van der Waals surface area contributed by atoms with Crippen LogP contribution >= 0.6 is 22.9 Å². The van der Waals surface area contributed by atoms with Gasteiger partial charge in [-0.2, -0.15) is 5.10 Å². The normalized spacial score (nSPS) is 10.8. The van der Waals surface area contributed by atoms with Crippen LogP contribution < -0.4 is 5.32 Å². The van der Waals surface area contributed by atoms with Gasteiger partial charge in [0.05, 0.1) is 17.3 Å². The van der Waals surface area contributed by atoms with Gasteiger partial charge in [-0.1, -0.05) is 35.9 Å². The molecule has 0 aliphatic rings. The molecule has 1 N–H and O–H groups in total. The maximum absolute atomic E-state index is 12.7. The number of rotatable bonds is 5. The van der Waals surface area contributed by atoms with Gasteiger partial charge in [0, 0.05) is 22.0 Å². The summed E-state index contributed by atoms with van der Waals surface area (Å²) in [5.41, 5.74) is 1.51. The van der Waals surface area contributed by atoms with Crippen molar-refractivity contribution >= 4 is 50.6 Å². The number of carbonyl (C=O) groups excluding carboxylic acids is 2. The molecule has 2 aromatic heterocycles. The number of thiophene rings is 1. The zero-order valence-corrected chi connectivity index (χ0v) is 17.0. The summed E-state index contributed by atoms with van der Waals surface area (Å²) < 4.78 is 7.46. The molecule has 0 bridgehead atoms. The molecule has 0 atom stereocenters. The van der Waals surface area contributed by atoms with Crippen molar-refractivity contribution in [1.82, 2.24) is 9.78 Å². The largest absolute Gasteiger partial charge is 0.461 e. The van der Waals surface area contributed by atoms with Crippen LogP contribution in [-0.4, -0.2) is 28.3 Å². The molecule has 2 aromatic carbocycles. The van der Waals surface area contributed by atoms with E-state index in [2.05, 4.69) is 10.4 Å². The smallest absolute Gasteiger partial charge is 0.358 e. The monoisotopic (exact) mass is 425 g/mol. The summed E-state index contributed by atoms with van der Waals surface area (Å²) in [6.45, 7) is 2.03. The van der Waals surface area contributed by atoms with Crippen molar-refractivity contribution in [2.75, 3.05) is 11.9 Å². The number of hydrogen-bond donors (Lipinski definition) is 1. The van der Waals surface area contributed by atoms with Crippen LogP contribution in [0, 0.1) is 0 Å². The van der Waals surface area contributed by atoms with Gasteiger partial charge in [-0.05, 0) is 37.3 Å². The molecule has 0 unspecified atom stereocenters. The number of aromatic nitrogens is 2. The minimum absolute atomic E-state index is 0.221. The van der Waals surface area contributed by atoms with Crippen molar-refractivity contribution in [3.63, 3.8) is 0 Å². The van der Waals surface area contributed by atoms with Crippen molar-refractivity contribution < 1.29 is 14.3 Å². The van der Waals surface area contributed by atoms with Crippen LogP contribution in [-0.2, 0) is 4.74 Å². The molecule has 2 heterocycles. The second-order valence-corrected chi connectivity index (χ2v) is 7.54. The summed E-state index contributed by atoms with van der Waals surface area (Å²) in [5.74, 6) is -0.754. The molecular formula is C21H16ClN3O3S. The second-order valence-electron chi connectivity index (χ2n) is 6.11. The average Bonchev–Trinajstić information content (AvgIpc) is 3.34. The number of hydrogen-bond acceptors (Lipinski definition) is 5. The van der Waals surface area contributed by atoms with E-state index < -0.39 is 5.97 Å². The van der Waals surface area contributed by atoms with E-state index in [4.69, 9.17) is 16.3 Å². The zero-order valence-electron chi connectivity index (χ0n) is 15.4. The lowest BCUT2D eigenvalue weighted by molar-refractivity contribution is 0.0519. The van der Waals surface area contributed by atoms with Crippen molar-refractivity contribution in [2.24, 2.45) is 0 Å². The van der Waals surface area contributed by atoms with Crippen molar-refractivity contribution in [2.45, 2.75) is 6.92 Å². The number of halogens is 1. The van der Waals surface area contributed by atoms with Crippen LogP contribution in [0.4, 0.5) is 5.69 Å². The molecule has 1 amide bonds. The fourth-order valence-corrected chi connectivity index (χ4v) is 4.27. The molecule has 4 rings (SSSR count). The summed E-state index contributed by atoms with van der Waals surface area (Å²) in [6, 6.07) is 16.4. The molecule has 146 valence electrons. The third-order valence-corrected chi connectivity index (χ3v) is 5.86. The molecule has 0 aliphatic heterocycles. The molecule has 0 radical (unpaired) electrons. The Morgan fingerprint density at radius 3 is 2.79 bits per heavy atom. The lowest BCUT2D eigenvalue weighted by atomic mass is 10.2. The Balaban J connectivity index is 1.57. The van der Waals surface area contributed by atoms with Gasteiger partial charge in [-0.25, -0.2) is 9.48 Å². The molecule has 4 aromatic rings. The average molecular weight is 426 g/mol. The minimum atomic E-state index is -0.477. The molecule has 8 heteroatoms. The number of ether oxygens (including phenoxy) is 1. The topological polar surface area (TPSA) is 73.2 Å². The lowest BCUT2D eigenvalue weighted by Gasteiger charge is -2.07. The number of amides is 1. The molecular weight excluding hydrogens is 410 g/mol. The summed E-state index contributed by atoms with van der Waals surface area (Å²) in [4.78, 5) is 25.0. The number of carbonyl (C=O) groups is 2. The Kier molecular flexibility index (Phi) is 5.33. The highest BCUT2D eigenvalue weighted by molar-refractivity contribution is 7.21. The Hall–Kier alpha value is -3.16. The number of anilines is 1. The third kappa shape index (κ3) is 3.87. The van der Waals surface area contributed by atoms with Gasteiger partial charge in [0.25, 0.3) is 5.91 Å². The fraction of sp³-hybridized carbons (Fsp3) is 0.0952. The van der Waals surface area contributed by atoms with E-state index in [9.17, 15) is 9.59 Å². The Labute approximate surface area is 175 Å². The maximum Gasteiger partial charge on any atom is 0.358 e. The van der Waals surface area contributed by atoms with E-state index in [0.29, 0.717) is 21.3 Å². The minimum Gasteiger partial charge on any atom is -0.461 e. The number of benzene rings is 2. The van der Waals surface area contributed by atoms with Gasteiger partial charge in [-0.15, -0.1) is 11.3 Å². The van der Waals surface area contributed by atoms with Crippen molar-refractivity contribution in [3.05, 3.63) is 76.4 Å². The highest BCUT2D eigenvalue weighted by Gasteiger charge is 2.17. The summed E-state index contributed by atoms with van der Waals surface area (Å²) >= 11 is 7.75. The van der Waals surface area contributed by atoms with Gasteiger partial charge in [0.2, 0.25) is 0 Å². The molecule has 0 aliphatic carbocycles. The molecule has 29 heavy (non-hydrogen) atoms. The van der Waals surface area contributed by atoms with Gasteiger partial charge in [-0.3, -0.25) is 4.79 Å². The van der Waals surface area contributed by atoms with E-state index in [1.165, 1.54) is 11.3 Å². The first-order chi connectivity index (χ1) is 14.1. The number of nitrogens with one attached hydrogen (secondary N) is 1. The highest BCUT2D eigenvalue weighted by Crippen LogP contribution is 2.35. The van der Waals surface area contributed by atoms with Gasteiger partial charge in [0.15, 0.2) is 5.69 Å². The van der Waals surface area contributed by atoms with Gasteiger partial charge < -0.3 is 10.1 Å². The molecule has 0 spiro atoms. The molecule has 0 saturated heterocycles. The quantitative estimate of drug-likeness (QED) is 0.448. The van der Waals surface area contributed by atoms with Crippen LogP contribution in [0.25, 0.3) is 15.8 Å². The van der Waals surface area contributed by atoms with Crippen LogP contribution in [0.5, 0.6) is 0 Å².